The molecule has 158 valence electrons. The predicted octanol–water partition coefficient (Wildman–Crippen LogP) is 5.88. The quantitative estimate of drug-likeness (QED) is 0.386. The molecule has 2 aromatic rings. The number of aryl methyl sites for hydroxylation is 2. The van der Waals surface area contributed by atoms with Gasteiger partial charge >= 0.3 is 15.2 Å². The Morgan fingerprint density at radius 1 is 0.679 bits per heavy atom. The Hall–Kier alpha value is -0.300. The Kier molecular flexibility index (Phi) is 8.68. The average molecular weight is 466 g/mol. The van der Waals surface area contributed by atoms with Gasteiger partial charge in [0.1, 0.15) is 0 Å². The summed E-state index contributed by atoms with van der Waals surface area (Å²) >= 11 is 3.02. The van der Waals surface area contributed by atoms with Crippen molar-refractivity contribution in [3.05, 3.63) is 21.9 Å². The Bertz CT molecular complexity index is 797. The molecule has 10 heteroatoms. The summed E-state index contributed by atoms with van der Waals surface area (Å²) in [6, 6.07) is 3.71. The number of hydrogen-bond donors (Lipinski definition) is 0. The molecule has 0 saturated carbocycles. The van der Waals surface area contributed by atoms with Gasteiger partial charge < -0.3 is 18.1 Å². The molecule has 28 heavy (non-hydrogen) atoms. The lowest BCUT2D eigenvalue weighted by molar-refractivity contribution is 0.229. The smallest absolute Gasteiger partial charge is 0.305 e. The van der Waals surface area contributed by atoms with Gasteiger partial charge in [-0.3, -0.25) is 9.13 Å². The van der Waals surface area contributed by atoms with Crippen molar-refractivity contribution < 1.29 is 27.2 Å². The molecule has 0 fully saturated rings. The normalized spacial score (nSPS) is 12.6. The molecule has 2 heterocycles. The lowest BCUT2D eigenvalue weighted by Gasteiger charge is -2.16. The second kappa shape index (κ2) is 10.1. The van der Waals surface area contributed by atoms with Crippen molar-refractivity contribution in [3.8, 4) is 9.75 Å². The molecule has 0 aliphatic carbocycles. The predicted molar refractivity (Wildman–Crippen MR) is 118 cm³/mol. The summed E-state index contributed by atoms with van der Waals surface area (Å²) in [7, 11) is -6.71. The van der Waals surface area contributed by atoms with Crippen molar-refractivity contribution in [2.45, 2.75) is 41.5 Å². The van der Waals surface area contributed by atoms with Gasteiger partial charge in [0.15, 0.2) is 0 Å². The SMILES string of the molecule is CCOP(=O)(OCC)c1cc(-c2cc(P(=O)(OCC)OCC)c(C)s2)sc1C. The molecule has 0 aliphatic heterocycles. The van der Waals surface area contributed by atoms with Gasteiger partial charge in [-0.1, -0.05) is 0 Å². The zero-order valence-corrected chi connectivity index (χ0v) is 20.6. The molecule has 0 saturated heterocycles. The first-order chi connectivity index (χ1) is 13.2. The first kappa shape index (κ1) is 24.0. The van der Waals surface area contributed by atoms with Crippen molar-refractivity contribution in [1.29, 1.82) is 0 Å². The molecule has 0 bridgehead atoms. The zero-order chi connectivity index (χ0) is 20.9. The maximum atomic E-state index is 13.2. The highest BCUT2D eigenvalue weighted by Gasteiger charge is 2.33. The topological polar surface area (TPSA) is 71.1 Å². The van der Waals surface area contributed by atoms with E-state index < -0.39 is 15.2 Å². The van der Waals surface area contributed by atoms with Crippen molar-refractivity contribution in [2.24, 2.45) is 0 Å². The number of rotatable bonds is 11. The van der Waals surface area contributed by atoms with E-state index in [2.05, 4.69) is 0 Å². The van der Waals surface area contributed by atoms with Gasteiger partial charge in [-0.25, -0.2) is 0 Å². The van der Waals surface area contributed by atoms with Crippen LogP contribution < -0.4 is 10.6 Å². The average Bonchev–Trinajstić information content (AvgIpc) is 3.19. The highest BCUT2D eigenvalue weighted by Crippen LogP contribution is 2.52. The molecule has 2 aromatic heterocycles. The molecule has 0 aromatic carbocycles. The van der Waals surface area contributed by atoms with Gasteiger partial charge in [0.05, 0.1) is 37.0 Å². The molecular weight excluding hydrogens is 438 g/mol. The van der Waals surface area contributed by atoms with E-state index in [1.807, 2.05) is 26.0 Å². The zero-order valence-electron chi connectivity index (χ0n) is 17.1. The van der Waals surface area contributed by atoms with E-state index in [9.17, 15) is 9.13 Å². The third kappa shape index (κ3) is 5.05. The van der Waals surface area contributed by atoms with Gasteiger partial charge in [-0.2, -0.15) is 0 Å². The summed E-state index contributed by atoms with van der Waals surface area (Å²) in [5.41, 5.74) is 0. The summed E-state index contributed by atoms with van der Waals surface area (Å²) < 4.78 is 48.3. The largest absolute Gasteiger partial charge is 0.362 e. The molecule has 0 atom stereocenters. The summed E-state index contributed by atoms with van der Waals surface area (Å²) in [6.45, 7) is 12.2. The fourth-order valence-electron chi connectivity index (χ4n) is 2.76. The van der Waals surface area contributed by atoms with Crippen molar-refractivity contribution in [1.82, 2.24) is 0 Å². The molecule has 0 amide bonds. The molecule has 0 N–H and O–H groups in total. The second-order valence-electron chi connectivity index (χ2n) is 5.77. The first-order valence-electron chi connectivity index (χ1n) is 9.25. The lowest BCUT2D eigenvalue weighted by atomic mass is 10.3. The molecular formula is C18H28O6P2S2. The minimum atomic E-state index is -3.36. The summed E-state index contributed by atoms with van der Waals surface area (Å²) in [4.78, 5) is 3.60. The fourth-order valence-corrected chi connectivity index (χ4v) is 9.20. The second-order valence-corrected chi connectivity index (χ2v) is 12.3. The number of hydrogen-bond acceptors (Lipinski definition) is 8. The van der Waals surface area contributed by atoms with Crippen LogP contribution in [0.2, 0.25) is 0 Å². The van der Waals surface area contributed by atoms with E-state index >= 15 is 0 Å². The van der Waals surface area contributed by atoms with Crippen molar-refractivity contribution in [3.63, 3.8) is 0 Å². The minimum absolute atomic E-state index is 0.302. The van der Waals surface area contributed by atoms with Gasteiger partial charge in [0, 0.05) is 19.5 Å². The third-order valence-electron chi connectivity index (χ3n) is 3.81. The molecule has 0 spiro atoms. The van der Waals surface area contributed by atoms with Crippen molar-refractivity contribution in [2.75, 3.05) is 26.4 Å². The van der Waals surface area contributed by atoms with Gasteiger partial charge in [0.2, 0.25) is 0 Å². The van der Waals surface area contributed by atoms with Crippen LogP contribution in [0.4, 0.5) is 0 Å². The standard InChI is InChI=1S/C18H28O6P2S2/c1-7-21-25(19,22-8-2)15-11-17(27-13(15)5)18-12-16(14(6)28-18)26(20,23-9-3)24-10-4/h11-12H,7-10H2,1-6H3. The van der Waals surface area contributed by atoms with Crippen LogP contribution >= 0.6 is 37.9 Å². The molecule has 0 unspecified atom stereocenters. The minimum Gasteiger partial charge on any atom is -0.305 e. The van der Waals surface area contributed by atoms with Crippen LogP contribution in [0, 0.1) is 13.8 Å². The van der Waals surface area contributed by atoms with Gasteiger partial charge in [-0.05, 0) is 53.7 Å². The Morgan fingerprint density at radius 3 is 1.21 bits per heavy atom. The molecule has 0 radical (unpaired) electrons. The fraction of sp³-hybridized carbons (Fsp3) is 0.556. The Balaban J connectivity index is 2.48. The van der Waals surface area contributed by atoms with Crippen LogP contribution in [0.5, 0.6) is 0 Å². The third-order valence-corrected chi connectivity index (χ3v) is 10.9. The summed E-state index contributed by atoms with van der Waals surface area (Å²) in [5, 5.41) is 1.17. The number of thiophene rings is 2. The highest BCUT2D eigenvalue weighted by atomic mass is 32.1. The van der Waals surface area contributed by atoms with Crippen LogP contribution in [0.3, 0.4) is 0 Å². The molecule has 2 rings (SSSR count). The molecule has 0 aliphatic rings. The van der Waals surface area contributed by atoms with E-state index in [1.165, 1.54) is 22.7 Å². The van der Waals surface area contributed by atoms with Crippen LogP contribution in [-0.2, 0) is 27.2 Å². The summed E-state index contributed by atoms with van der Waals surface area (Å²) in [5.74, 6) is 0. The Labute approximate surface area is 175 Å². The molecule has 6 nitrogen and oxygen atoms in total. The highest BCUT2D eigenvalue weighted by molar-refractivity contribution is 7.63. The van der Waals surface area contributed by atoms with Crippen LogP contribution in [-0.4, -0.2) is 26.4 Å². The van der Waals surface area contributed by atoms with Crippen LogP contribution in [0.25, 0.3) is 9.75 Å². The van der Waals surface area contributed by atoms with Crippen molar-refractivity contribution >= 4 is 48.5 Å². The Morgan fingerprint density at radius 2 is 0.964 bits per heavy atom. The first-order valence-corrected chi connectivity index (χ1v) is 14.0. The summed E-state index contributed by atoms with van der Waals surface area (Å²) in [6.07, 6.45) is 0. The van der Waals surface area contributed by atoms with Crippen LogP contribution in [0.15, 0.2) is 12.1 Å². The van der Waals surface area contributed by atoms with E-state index in [1.54, 1.807) is 27.7 Å². The van der Waals surface area contributed by atoms with E-state index in [4.69, 9.17) is 18.1 Å². The van der Waals surface area contributed by atoms with E-state index in [0.717, 1.165) is 19.5 Å². The maximum Gasteiger partial charge on any atom is 0.362 e. The van der Waals surface area contributed by atoms with Crippen LogP contribution in [0.1, 0.15) is 37.4 Å². The maximum absolute atomic E-state index is 13.2. The lowest BCUT2D eigenvalue weighted by Crippen LogP contribution is -2.11. The van der Waals surface area contributed by atoms with E-state index in [-0.39, 0.29) is 0 Å². The van der Waals surface area contributed by atoms with Gasteiger partial charge in [0.25, 0.3) is 0 Å². The van der Waals surface area contributed by atoms with E-state index in [0.29, 0.717) is 37.0 Å². The van der Waals surface area contributed by atoms with Gasteiger partial charge in [-0.15, -0.1) is 22.7 Å². The monoisotopic (exact) mass is 466 g/mol.